The maximum absolute atomic E-state index is 12.0. The molecule has 1 aromatic carbocycles. The van der Waals surface area contributed by atoms with Gasteiger partial charge in [0.2, 0.25) is 0 Å². The molecule has 3 nitrogen and oxygen atoms in total. The van der Waals surface area contributed by atoms with Crippen LogP contribution < -0.4 is 10.5 Å². The number of nitrogens with two attached hydrogens (primary N) is 1. The lowest BCUT2D eigenvalue weighted by molar-refractivity contribution is -0.274. The van der Waals surface area contributed by atoms with Gasteiger partial charge in [-0.2, -0.15) is 0 Å². The zero-order chi connectivity index (χ0) is 13.9. The van der Waals surface area contributed by atoms with Crippen molar-refractivity contribution in [1.82, 2.24) is 4.90 Å². The third kappa shape index (κ3) is 4.72. The summed E-state index contributed by atoms with van der Waals surface area (Å²) in [5, 5.41) is -0.112. The van der Waals surface area contributed by atoms with Crippen LogP contribution in [0.1, 0.15) is 11.6 Å². The monoisotopic (exact) mass is 282 g/mol. The fourth-order valence-corrected chi connectivity index (χ4v) is 1.68. The number of halogens is 4. The van der Waals surface area contributed by atoms with Crippen LogP contribution in [0.4, 0.5) is 13.2 Å². The molecule has 0 bridgehead atoms. The first-order chi connectivity index (χ1) is 8.19. The van der Waals surface area contributed by atoms with Gasteiger partial charge in [-0.1, -0.05) is 17.7 Å². The molecular formula is C11H14ClF3N2O. The van der Waals surface area contributed by atoms with Crippen molar-refractivity contribution < 1.29 is 17.9 Å². The Hall–Kier alpha value is -0.980. The minimum absolute atomic E-state index is 0.112. The Morgan fingerprint density at radius 2 is 2.00 bits per heavy atom. The molecule has 0 saturated heterocycles. The molecule has 2 N–H and O–H groups in total. The zero-order valence-corrected chi connectivity index (χ0v) is 10.7. The zero-order valence-electron chi connectivity index (χ0n) is 9.96. The first-order valence-electron chi connectivity index (χ1n) is 5.14. The Kier molecular flexibility index (Phi) is 4.84. The molecule has 0 aliphatic carbocycles. The van der Waals surface area contributed by atoms with Gasteiger partial charge in [0.1, 0.15) is 5.75 Å². The predicted octanol–water partition coefficient (Wildman–Crippen LogP) is 2.80. The molecule has 0 spiro atoms. The van der Waals surface area contributed by atoms with Crippen molar-refractivity contribution in [2.45, 2.75) is 12.4 Å². The third-order valence-corrected chi connectivity index (χ3v) is 2.47. The molecule has 0 aromatic heterocycles. The van der Waals surface area contributed by atoms with Gasteiger partial charge in [-0.3, -0.25) is 0 Å². The number of likely N-dealkylation sites (N-methyl/N-ethyl adjacent to an activating group) is 1. The number of benzene rings is 1. The predicted molar refractivity (Wildman–Crippen MR) is 63.6 cm³/mol. The van der Waals surface area contributed by atoms with Crippen LogP contribution in [-0.2, 0) is 0 Å². The Morgan fingerprint density at radius 3 is 2.44 bits per heavy atom. The van der Waals surface area contributed by atoms with Crippen molar-refractivity contribution in [2.24, 2.45) is 5.73 Å². The SMILES string of the molecule is CN(C)C[C@@H](N)c1ccc(OC(F)(F)F)c(Cl)c1. The van der Waals surface area contributed by atoms with Crippen molar-refractivity contribution in [3.8, 4) is 5.75 Å². The van der Waals surface area contributed by atoms with Crippen LogP contribution in [0, 0.1) is 0 Å². The first-order valence-corrected chi connectivity index (χ1v) is 5.52. The molecule has 1 rings (SSSR count). The molecule has 1 aromatic rings. The van der Waals surface area contributed by atoms with Crippen LogP contribution in [0.25, 0.3) is 0 Å². The average Bonchev–Trinajstić information content (AvgIpc) is 2.18. The van der Waals surface area contributed by atoms with E-state index in [1.807, 2.05) is 19.0 Å². The van der Waals surface area contributed by atoms with Crippen LogP contribution in [0.3, 0.4) is 0 Å². The number of hydrogen-bond acceptors (Lipinski definition) is 3. The summed E-state index contributed by atoms with van der Waals surface area (Å²) in [7, 11) is 3.70. The molecule has 7 heteroatoms. The van der Waals surface area contributed by atoms with Gasteiger partial charge in [-0.25, -0.2) is 0 Å². The van der Waals surface area contributed by atoms with E-state index in [0.29, 0.717) is 12.1 Å². The van der Waals surface area contributed by atoms with E-state index in [2.05, 4.69) is 4.74 Å². The summed E-state index contributed by atoms with van der Waals surface area (Å²) in [6.07, 6.45) is -4.75. The average molecular weight is 283 g/mol. The highest BCUT2D eigenvalue weighted by atomic mass is 35.5. The number of nitrogens with zero attached hydrogens (tertiary/aromatic N) is 1. The Morgan fingerprint density at radius 1 is 1.39 bits per heavy atom. The van der Waals surface area contributed by atoms with Gasteiger partial charge < -0.3 is 15.4 Å². The van der Waals surface area contributed by atoms with Gasteiger partial charge in [0.25, 0.3) is 0 Å². The Labute approximate surface area is 108 Å². The van der Waals surface area contributed by atoms with E-state index >= 15 is 0 Å². The molecule has 0 aliphatic rings. The summed E-state index contributed by atoms with van der Waals surface area (Å²) in [5.41, 5.74) is 6.53. The van der Waals surface area contributed by atoms with Crippen LogP contribution >= 0.6 is 11.6 Å². The van der Waals surface area contributed by atoms with Crippen molar-refractivity contribution in [3.05, 3.63) is 28.8 Å². The van der Waals surface area contributed by atoms with Crippen molar-refractivity contribution in [2.75, 3.05) is 20.6 Å². The minimum atomic E-state index is -4.75. The quantitative estimate of drug-likeness (QED) is 0.923. The van der Waals surface area contributed by atoms with Gasteiger partial charge in [-0.05, 0) is 31.8 Å². The molecule has 0 aliphatic heterocycles. The second kappa shape index (κ2) is 5.77. The topological polar surface area (TPSA) is 38.5 Å². The molecule has 0 radical (unpaired) electrons. The highest BCUT2D eigenvalue weighted by Gasteiger charge is 2.32. The maximum Gasteiger partial charge on any atom is 0.573 e. The lowest BCUT2D eigenvalue weighted by atomic mass is 10.1. The van der Waals surface area contributed by atoms with Gasteiger partial charge >= 0.3 is 6.36 Å². The first kappa shape index (κ1) is 15.1. The summed E-state index contributed by atoms with van der Waals surface area (Å²) in [6, 6.07) is 3.70. The Bertz CT molecular complexity index is 410. The number of alkyl halides is 3. The summed E-state index contributed by atoms with van der Waals surface area (Å²) >= 11 is 5.72. The maximum atomic E-state index is 12.0. The summed E-state index contributed by atoms with van der Waals surface area (Å²) in [5.74, 6) is -0.426. The lowest BCUT2D eigenvalue weighted by Crippen LogP contribution is -2.26. The molecule has 0 fully saturated rings. The lowest BCUT2D eigenvalue weighted by Gasteiger charge is -2.18. The van der Waals surface area contributed by atoms with Gasteiger partial charge in [0.15, 0.2) is 0 Å². The third-order valence-electron chi connectivity index (χ3n) is 2.17. The minimum Gasteiger partial charge on any atom is -0.404 e. The van der Waals surface area contributed by atoms with Crippen molar-refractivity contribution in [1.29, 1.82) is 0 Å². The van der Waals surface area contributed by atoms with E-state index in [4.69, 9.17) is 17.3 Å². The standard InChI is InChI=1S/C11H14ClF3N2O/c1-17(2)6-9(16)7-3-4-10(8(12)5-7)18-11(13,14)15/h3-5,9H,6,16H2,1-2H3/t9-/m1/s1. The smallest absolute Gasteiger partial charge is 0.404 e. The second-order valence-electron chi connectivity index (χ2n) is 4.11. The number of rotatable bonds is 4. The van der Waals surface area contributed by atoms with E-state index < -0.39 is 12.1 Å². The van der Waals surface area contributed by atoms with E-state index in [-0.39, 0.29) is 11.1 Å². The van der Waals surface area contributed by atoms with Crippen LogP contribution in [0.2, 0.25) is 5.02 Å². The molecule has 0 amide bonds. The highest BCUT2D eigenvalue weighted by molar-refractivity contribution is 6.32. The number of ether oxygens (including phenoxy) is 1. The Balaban J connectivity index is 2.85. The van der Waals surface area contributed by atoms with Crippen LogP contribution in [0.15, 0.2) is 18.2 Å². The molecule has 0 heterocycles. The van der Waals surface area contributed by atoms with E-state index in [1.54, 1.807) is 0 Å². The largest absolute Gasteiger partial charge is 0.573 e. The van der Waals surface area contributed by atoms with Crippen LogP contribution in [-0.4, -0.2) is 31.9 Å². The normalized spacial score (nSPS) is 13.8. The molecule has 0 unspecified atom stereocenters. The van der Waals surface area contributed by atoms with E-state index in [9.17, 15) is 13.2 Å². The summed E-state index contributed by atoms with van der Waals surface area (Å²) in [4.78, 5) is 1.87. The number of hydrogen-bond donors (Lipinski definition) is 1. The summed E-state index contributed by atoms with van der Waals surface area (Å²) in [6.45, 7) is 0.565. The van der Waals surface area contributed by atoms with Gasteiger partial charge in [0.05, 0.1) is 5.02 Å². The van der Waals surface area contributed by atoms with Crippen molar-refractivity contribution in [3.63, 3.8) is 0 Å². The molecule has 1 atom stereocenters. The summed E-state index contributed by atoms with van der Waals surface area (Å²) < 4.78 is 39.9. The fourth-order valence-electron chi connectivity index (χ4n) is 1.45. The molecule has 102 valence electrons. The van der Waals surface area contributed by atoms with E-state index in [0.717, 1.165) is 0 Å². The molecule has 0 saturated carbocycles. The van der Waals surface area contributed by atoms with Crippen LogP contribution in [0.5, 0.6) is 5.75 Å². The molecule has 18 heavy (non-hydrogen) atoms. The fraction of sp³-hybridized carbons (Fsp3) is 0.455. The highest BCUT2D eigenvalue weighted by Crippen LogP contribution is 2.31. The van der Waals surface area contributed by atoms with Gasteiger partial charge in [0, 0.05) is 12.6 Å². The molecular weight excluding hydrogens is 269 g/mol. The second-order valence-corrected chi connectivity index (χ2v) is 4.51. The van der Waals surface area contributed by atoms with E-state index in [1.165, 1.54) is 18.2 Å². The van der Waals surface area contributed by atoms with Crippen molar-refractivity contribution >= 4 is 11.6 Å². The van der Waals surface area contributed by atoms with Gasteiger partial charge in [-0.15, -0.1) is 13.2 Å².